The van der Waals surface area contributed by atoms with Crippen molar-refractivity contribution in [3.8, 4) is 0 Å². The van der Waals surface area contributed by atoms with Gasteiger partial charge in [0, 0.05) is 17.8 Å². The number of aromatic amines is 1. The third kappa shape index (κ3) is 4.23. The van der Waals surface area contributed by atoms with Crippen LogP contribution < -0.4 is 10.6 Å². The predicted molar refractivity (Wildman–Crippen MR) is 77.7 cm³/mol. The van der Waals surface area contributed by atoms with Crippen molar-refractivity contribution >= 4 is 11.7 Å². The highest BCUT2D eigenvalue weighted by molar-refractivity contribution is 5.94. The summed E-state index contributed by atoms with van der Waals surface area (Å²) in [7, 11) is 0. The van der Waals surface area contributed by atoms with E-state index in [0.717, 1.165) is 25.1 Å². The fourth-order valence-electron chi connectivity index (χ4n) is 1.89. The number of nitrogens with one attached hydrogen (secondary N) is 3. The first kappa shape index (κ1) is 14.9. The van der Waals surface area contributed by atoms with Crippen LogP contribution in [0.25, 0.3) is 0 Å². The maximum atomic E-state index is 12.2. The minimum Gasteiger partial charge on any atom is -0.370 e. The van der Waals surface area contributed by atoms with Gasteiger partial charge in [-0.05, 0) is 25.5 Å². The molecule has 2 rings (SSSR count). The fraction of sp³-hybridized carbons (Fsp3) is 0.462. The lowest BCUT2D eigenvalue weighted by Gasteiger charge is -2.09. The monoisotopic (exact) mass is 289 g/mol. The second-order valence-electron chi connectivity index (χ2n) is 4.52. The van der Waals surface area contributed by atoms with E-state index in [2.05, 4.69) is 43.2 Å². The number of pyridine rings is 1. The lowest BCUT2D eigenvalue weighted by atomic mass is 10.1. The first-order valence-electron chi connectivity index (χ1n) is 6.98. The summed E-state index contributed by atoms with van der Waals surface area (Å²) in [6.07, 6.45) is 1.82. The minimum absolute atomic E-state index is 0.182. The molecule has 2 aromatic heterocycles. The van der Waals surface area contributed by atoms with Crippen LogP contribution >= 0.6 is 0 Å². The summed E-state index contributed by atoms with van der Waals surface area (Å²) in [6.45, 7) is 5.06. The third-order valence-corrected chi connectivity index (χ3v) is 2.80. The highest BCUT2D eigenvalue weighted by atomic mass is 16.1. The standard InChI is InChI=1S/C13H19N7O/c1-3-5-10-6-9(7-11(16-10)14-4-2)13(21)15-8-12-17-19-20-18-12/h6-7H,3-5,8H2,1-2H3,(H,14,16)(H,15,21)(H,17,18,19,20). The van der Waals surface area contributed by atoms with Crippen LogP contribution in [0.2, 0.25) is 0 Å². The largest absolute Gasteiger partial charge is 0.370 e. The van der Waals surface area contributed by atoms with Gasteiger partial charge in [-0.25, -0.2) is 4.98 Å². The molecule has 112 valence electrons. The number of aryl methyl sites for hydroxylation is 1. The summed E-state index contributed by atoms with van der Waals surface area (Å²) in [5.74, 6) is 0.977. The van der Waals surface area contributed by atoms with E-state index < -0.39 is 0 Å². The van der Waals surface area contributed by atoms with E-state index in [-0.39, 0.29) is 12.5 Å². The van der Waals surface area contributed by atoms with Crippen molar-refractivity contribution in [2.75, 3.05) is 11.9 Å². The number of tetrazole rings is 1. The molecule has 0 atom stereocenters. The highest BCUT2D eigenvalue weighted by Gasteiger charge is 2.10. The second-order valence-corrected chi connectivity index (χ2v) is 4.52. The van der Waals surface area contributed by atoms with E-state index >= 15 is 0 Å². The van der Waals surface area contributed by atoms with Gasteiger partial charge in [-0.15, -0.1) is 10.2 Å². The van der Waals surface area contributed by atoms with Crippen molar-refractivity contribution < 1.29 is 4.79 Å². The summed E-state index contributed by atoms with van der Waals surface area (Å²) in [6, 6.07) is 3.56. The predicted octanol–water partition coefficient (Wildman–Crippen LogP) is 0.909. The summed E-state index contributed by atoms with van der Waals surface area (Å²) >= 11 is 0. The van der Waals surface area contributed by atoms with Gasteiger partial charge in [-0.3, -0.25) is 4.79 Å². The van der Waals surface area contributed by atoms with E-state index in [0.29, 0.717) is 17.2 Å². The molecule has 0 aromatic carbocycles. The quantitative estimate of drug-likeness (QED) is 0.699. The van der Waals surface area contributed by atoms with Gasteiger partial charge in [-0.1, -0.05) is 18.6 Å². The van der Waals surface area contributed by atoms with Crippen LogP contribution in [0, 0.1) is 0 Å². The molecule has 2 aromatic rings. The molecule has 0 saturated carbocycles. The molecule has 0 fully saturated rings. The molecular formula is C13H19N7O. The normalized spacial score (nSPS) is 10.4. The Balaban J connectivity index is 2.10. The Bertz CT molecular complexity index is 558. The van der Waals surface area contributed by atoms with Gasteiger partial charge < -0.3 is 10.6 Å². The van der Waals surface area contributed by atoms with Crippen molar-refractivity contribution in [1.29, 1.82) is 0 Å². The van der Waals surface area contributed by atoms with Gasteiger partial charge in [-0.2, -0.15) is 5.21 Å². The summed E-state index contributed by atoms with van der Waals surface area (Å²) in [5.41, 5.74) is 1.48. The van der Waals surface area contributed by atoms with E-state index in [1.54, 1.807) is 6.07 Å². The molecule has 0 aliphatic carbocycles. The number of rotatable bonds is 7. The lowest BCUT2D eigenvalue weighted by Crippen LogP contribution is -2.24. The summed E-state index contributed by atoms with van der Waals surface area (Å²) < 4.78 is 0. The Morgan fingerprint density at radius 1 is 1.33 bits per heavy atom. The maximum absolute atomic E-state index is 12.2. The molecular weight excluding hydrogens is 270 g/mol. The average Bonchev–Trinajstić information content (AvgIpc) is 2.98. The number of nitrogens with zero attached hydrogens (tertiary/aromatic N) is 4. The van der Waals surface area contributed by atoms with Crippen LogP contribution in [0.3, 0.4) is 0 Å². The van der Waals surface area contributed by atoms with Crippen LogP contribution in [0.5, 0.6) is 0 Å². The van der Waals surface area contributed by atoms with E-state index in [1.165, 1.54) is 0 Å². The maximum Gasteiger partial charge on any atom is 0.251 e. The van der Waals surface area contributed by atoms with Crippen molar-refractivity contribution in [2.45, 2.75) is 33.2 Å². The minimum atomic E-state index is -0.182. The molecule has 0 bridgehead atoms. The zero-order valence-electron chi connectivity index (χ0n) is 12.2. The Hall–Kier alpha value is -2.51. The van der Waals surface area contributed by atoms with Crippen molar-refractivity contribution in [3.05, 3.63) is 29.2 Å². The number of hydrogen-bond donors (Lipinski definition) is 3. The molecule has 0 radical (unpaired) electrons. The topological polar surface area (TPSA) is 108 Å². The first-order chi connectivity index (χ1) is 10.2. The van der Waals surface area contributed by atoms with Gasteiger partial charge in [0.05, 0.1) is 6.54 Å². The number of amides is 1. The van der Waals surface area contributed by atoms with Crippen molar-refractivity contribution in [3.63, 3.8) is 0 Å². The number of carbonyl (C=O) groups excluding carboxylic acids is 1. The van der Waals surface area contributed by atoms with Gasteiger partial charge in [0.2, 0.25) is 0 Å². The highest BCUT2D eigenvalue weighted by Crippen LogP contribution is 2.12. The molecule has 21 heavy (non-hydrogen) atoms. The smallest absolute Gasteiger partial charge is 0.251 e. The van der Waals surface area contributed by atoms with Gasteiger partial charge >= 0.3 is 0 Å². The molecule has 8 nitrogen and oxygen atoms in total. The third-order valence-electron chi connectivity index (χ3n) is 2.80. The number of hydrogen-bond acceptors (Lipinski definition) is 6. The molecule has 0 aliphatic heterocycles. The van der Waals surface area contributed by atoms with Crippen LogP contribution in [0.1, 0.15) is 42.1 Å². The molecule has 3 N–H and O–H groups in total. The molecule has 0 spiro atoms. The summed E-state index contributed by atoms with van der Waals surface area (Å²) in [5, 5.41) is 19.3. The Morgan fingerprint density at radius 2 is 2.19 bits per heavy atom. The average molecular weight is 289 g/mol. The molecule has 8 heteroatoms. The molecule has 0 aliphatic rings. The number of carbonyl (C=O) groups is 1. The fourth-order valence-corrected chi connectivity index (χ4v) is 1.89. The zero-order chi connectivity index (χ0) is 15.1. The second kappa shape index (κ2) is 7.32. The van der Waals surface area contributed by atoms with E-state index in [9.17, 15) is 4.79 Å². The van der Waals surface area contributed by atoms with Gasteiger partial charge in [0.15, 0.2) is 5.82 Å². The van der Waals surface area contributed by atoms with E-state index in [1.807, 2.05) is 13.0 Å². The molecule has 0 saturated heterocycles. The van der Waals surface area contributed by atoms with Crippen LogP contribution in [-0.2, 0) is 13.0 Å². The van der Waals surface area contributed by atoms with Crippen molar-refractivity contribution in [1.82, 2.24) is 30.9 Å². The number of anilines is 1. The molecule has 0 unspecified atom stereocenters. The van der Waals surface area contributed by atoms with E-state index in [4.69, 9.17) is 0 Å². The van der Waals surface area contributed by atoms with Crippen LogP contribution in [0.4, 0.5) is 5.82 Å². The zero-order valence-corrected chi connectivity index (χ0v) is 12.2. The van der Waals surface area contributed by atoms with Gasteiger partial charge in [0.1, 0.15) is 5.82 Å². The van der Waals surface area contributed by atoms with Gasteiger partial charge in [0.25, 0.3) is 5.91 Å². The summed E-state index contributed by atoms with van der Waals surface area (Å²) in [4.78, 5) is 16.7. The molecule has 2 heterocycles. The Kier molecular flexibility index (Phi) is 5.19. The first-order valence-corrected chi connectivity index (χ1v) is 6.98. The Morgan fingerprint density at radius 3 is 2.86 bits per heavy atom. The SMILES string of the molecule is CCCc1cc(C(=O)NCc2nn[nH]n2)cc(NCC)n1. The van der Waals surface area contributed by atoms with Crippen LogP contribution in [0.15, 0.2) is 12.1 Å². The number of H-pyrrole nitrogens is 1. The molecule has 1 amide bonds. The van der Waals surface area contributed by atoms with Crippen molar-refractivity contribution in [2.24, 2.45) is 0 Å². The Labute approximate surface area is 122 Å². The number of aromatic nitrogens is 5. The lowest BCUT2D eigenvalue weighted by molar-refractivity contribution is 0.0949. The van der Waals surface area contributed by atoms with Crippen LogP contribution in [-0.4, -0.2) is 38.1 Å².